The van der Waals surface area contributed by atoms with E-state index in [4.69, 9.17) is 4.74 Å². The zero-order valence-corrected chi connectivity index (χ0v) is 12.0. The molecule has 5 heteroatoms. The van der Waals surface area contributed by atoms with Gasteiger partial charge >= 0.3 is 0 Å². The molecule has 1 saturated heterocycles. The highest BCUT2D eigenvalue weighted by molar-refractivity contribution is 5.20. The molecule has 1 heterocycles. The Balaban J connectivity index is 2.10. The molecule has 1 aromatic rings. The molecule has 0 spiro atoms. The van der Waals surface area contributed by atoms with Gasteiger partial charge in [-0.2, -0.15) is 0 Å². The minimum Gasteiger partial charge on any atom is -0.374 e. The van der Waals surface area contributed by atoms with Gasteiger partial charge in [-0.15, -0.1) is 0 Å². The maximum absolute atomic E-state index is 13.8. The highest BCUT2D eigenvalue weighted by Gasteiger charge is 2.27. The standard InChI is InChI=1S/C15H22F2N2O/c1-3-18-14(15-10-19(2)6-7-20-15)9-11-8-12(16)4-5-13(11)17/h4-5,8,14-15,18H,3,6-7,9-10H2,1-2H3. The van der Waals surface area contributed by atoms with Crippen LogP contribution in [0.1, 0.15) is 12.5 Å². The van der Waals surface area contributed by atoms with Crippen molar-refractivity contribution in [1.82, 2.24) is 10.2 Å². The molecule has 0 amide bonds. The summed E-state index contributed by atoms with van der Waals surface area (Å²) in [4.78, 5) is 2.19. The third-order valence-electron chi connectivity index (χ3n) is 3.66. The van der Waals surface area contributed by atoms with Crippen molar-refractivity contribution in [1.29, 1.82) is 0 Å². The lowest BCUT2D eigenvalue weighted by atomic mass is 9.99. The molecule has 2 unspecified atom stereocenters. The van der Waals surface area contributed by atoms with Crippen LogP contribution in [0.3, 0.4) is 0 Å². The van der Waals surface area contributed by atoms with E-state index in [-0.39, 0.29) is 18.0 Å². The molecule has 0 aromatic heterocycles. The normalized spacial score (nSPS) is 21.9. The second-order valence-electron chi connectivity index (χ2n) is 5.28. The average Bonchev–Trinajstić information content (AvgIpc) is 2.42. The van der Waals surface area contributed by atoms with Gasteiger partial charge in [0.25, 0.3) is 0 Å². The summed E-state index contributed by atoms with van der Waals surface area (Å²) < 4.78 is 32.8. The number of halogens is 2. The van der Waals surface area contributed by atoms with Gasteiger partial charge in [0.1, 0.15) is 11.6 Å². The minimum absolute atomic E-state index is 0.00336. The maximum Gasteiger partial charge on any atom is 0.126 e. The fraction of sp³-hybridized carbons (Fsp3) is 0.600. The lowest BCUT2D eigenvalue weighted by molar-refractivity contribution is -0.0382. The van der Waals surface area contributed by atoms with Crippen molar-refractivity contribution in [3.63, 3.8) is 0 Å². The maximum atomic E-state index is 13.8. The molecule has 112 valence electrons. The molecule has 0 aliphatic carbocycles. The van der Waals surface area contributed by atoms with Crippen molar-refractivity contribution in [2.24, 2.45) is 0 Å². The second kappa shape index (κ2) is 7.11. The highest BCUT2D eigenvalue weighted by atomic mass is 19.1. The van der Waals surface area contributed by atoms with Gasteiger partial charge in [-0.1, -0.05) is 6.92 Å². The van der Waals surface area contributed by atoms with Gasteiger partial charge < -0.3 is 15.0 Å². The molecule has 20 heavy (non-hydrogen) atoms. The number of ether oxygens (including phenoxy) is 1. The highest BCUT2D eigenvalue weighted by Crippen LogP contribution is 2.16. The average molecular weight is 284 g/mol. The van der Waals surface area contributed by atoms with Gasteiger partial charge in [-0.05, 0) is 43.8 Å². The molecule has 1 fully saturated rings. The third-order valence-corrected chi connectivity index (χ3v) is 3.66. The van der Waals surface area contributed by atoms with Crippen molar-refractivity contribution in [3.8, 4) is 0 Å². The Morgan fingerprint density at radius 3 is 2.95 bits per heavy atom. The molecular weight excluding hydrogens is 262 g/mol. The number of benzene rings is 1. The fourth-order valence-corrected chi connectivity index (χ4v) is 2.59. The topological polar surface area (TPSA) is 24.5 Å². The number of hydrogen-bond donors (Lipinski definition) is 1. The Kier molecular flexibility index (Phi) is 5.46. The quantitative estimate of drug-likeness (QED) is 0.892. The van der Waals surface area contributed by atoms with Gasteiger partial charge in [0, 0.05) is 19.1 Å². The summed E-state index contributed by atoms with van der Waals surface area (Å²) in [5.41, 5.74) is 0.396. The molecule has 1 N–H and O–H groups in total. The molecule has 1 aliphatic rings. The smallest absolute Gasteiger partial charge is 0.126 e. The van der Waals surface area contributed by atoms with Crippen LogP contribution in [0.15, 0.2) is 18.2 Å². The summed E-state index contributed by atoms with van der Waals surface area (Å²) in [7, 11) is 2.04. The molecule has 0 bridgehead atoms. The van der Waals surface area contributed by atoms with E-state index in [1.54, 1.807) is 0 Å². The van der Waals surface area contributed by atoms with Gasteiger partial charge in [0.05, 0.1) is 12.7 Å². The van der Waals surface area contributed by atoms with E-state index in [0.29, 0.717) is 18.6 Å². The Morgan fingerprint density at radius 1 is 1.45 bits per heavy atom. The van der Waals surface area contributed by atoms with E-state index in [2.05, 4.69) is 10.2 Å². The fourth-order valence-electron chi connectivity index (χ4n) is 2.59. The number of hydrogen-bond acceptors (Lipinski definition) is 3. The van der Waals surface area contributed by atoms with E-state index < -0.39 is 5.82 Å². The van der Waals surface area contributed by atoms with Crippen LogP contribution in [0.4, 0.5) is 8.78 Å². The van der Waals surface area contributed by atoms with Crippen molar-refractivity contribution in [2.45, 2.75) is 25.5 Å². The van der Waals surface area contributed by atoms with E-state index in [0.717, 1.165) is 25.7 Å². The number of nitrogens with zero attached hydrogens (tertiary/aromatic N) is 1. The summed E-state index contributed by atoms with van der Waals surface area (Å²) in [5.74, 6) is -0.767. The molecule has 0 saturated carbocycles. The Morgan fingerprint density at radius 2 is 2.25 bits per heavy atom. The lowest BCUT2D eigenvalue weighted by Crippen LogP contribution is -2.52. The SMILES string of the molecule is CCNC(Cc1cc(F)ccc1F)C1CN(C)CCO1. The van der Waals surface area contributed by atoms with Crippen molar-refractivity contribution in [3.05, 3.63) is 35.4 Å². The van der Waals surface area contributed by atoms with Crippen LogP contribution < -0.4 is 5.32 Å². The zero-order valence-electron chi connectivity index (χ0n) is 12.0. The molecule has 0 radical (unpaired) electrons. The van der Waals surface area contributed by atoms with Crippen LogP contribution in [-0.2, 0) is 11.2 Å². The van der Waals surface area contributed by atoms with Crippen LogP contribution in [0, 0.1) is 11.6 Å². The summed E-state index contributed by atoms with van der Waals surface area (Å²) >= 11 is 0. The second-order valence-corrected chi connectivity index (χ2v) is 5.28. The Bertz CT molecular complexity index is 442. The molecule has 1 aliphatic heterocycles. The molecular formula is C15H22F2N2O. The zero-order chi connectivity index (χ0) is 14.5. The molecule has 2 atom stereocenters. The van der Waals surface area contributed by atoms with Crippen molar-refractivity contribution < 1.29 is 13.5 Å². The van der Waals surface area contributed by atoms with Crippen molar-refractivity contribution in [2.75, 3.05) is 33.3 Å². The monoisotopic (exact) mass is 284 g/mol. The first kappa shape index (κ1) is 15.4. The molecule has 2 rings (SSSR count). The van der Waals surface area contributed by atoms with Crippen LogP contribution in [0.25, 0.3) is 0 Å². The predicted octanol–water partition coefficient (Wildman–Crippen LogP) is 1.82. The van der Waals surface area contributed by atoms with E-state index in [1.165, 1.54) is 12.1 Å². The van der Waals surface area contributed by atoms with Crippen LogP contribution in [0.5, 0.6) is 0 Å². The van der Waals surface area contributed by atoms with E-state index in [9.17, 15) is 8.78 Å². The molecule has 1 aromatic carbocycles. The van der Waals surface area contributed by atoms with Gasteiger partial charge in [-0.3, -0.25) is 0 Å². The Hall–Kier alpha value is -1.04. The number of morpholine rings is 1. The predicted molar refractivity (Wildman–Crippen MR) is 74.8 cm³/mol. The lowest BCUT2D eigenvalue weighted by Gasteiger charge is -2.35. The van der Waals surface area contributed by atoms with Gasteiger partial charge in [0.2, 0.25) is 0 Å². The summed E-state index contributed by atoms with van der Waals surface area (Å²) in [6.07, 6.45) is 0.423. The largest absolute Gasteiger partial charge is 0.374 e. The number of rotatable bonds is 5. The van der Waals surface area contributed by atoms with E-state index in [1.807, 2.05) is 14.0 Å². The van der Waals surface area contributed by atoms with Crippen LogP contribution >= 0.6 is 0 Å². The first-order valence-corrected chi connectivity index (χ1v) is 7.07. The van der Waals surface area contributed by atoms with Crippen LogP contribution in [-0.4, -0.2) is 50.3 Å². The van der Waals surface area contributed by atoms with Crippen LogP contribution in [0.2, 0.25) is 0 Å². The van der Waals surface area contributed by atoms with Gasteiger partial charge in [0.15, 0.2) is 0 Å². The third kappa shape index (κ3) is 3.98. The molecule has 3 nitrogen and oxygen atoms in total. The summed E-state index contributed by atoms with van der Waals surface area (Å²) in [5, 5.41) is 3.33. The summed E-state index contributed by atoms with van der Waals surface area (Å²) in [6, 6.07) is 3.58. The van der Waals surface area contributed by atoms with Gasteiger partial charge in [-0.25, -0.2) is 8.78 Å². The first-order valence-electron chi connectivity index (χ1n) is 7.07. The number of nitrogens with one attached hydrogen (secondary N) is 1. The van der Waals surface area contributed by atoms with Crippen molar-refractivity contribution >= 4 is 0 Å². The first-order chi connectivity index (χ1) is 9.60. The van der Waals surface area contributed by atoms with E-state index >= 15 is 0 Å². The number of likely N-dealkylation sites (N-methyl/N-ethyl adjacent to an activating group) is 2. The Labute approximate surface area is 118 Å². The summed E-state index contributed by atoms with van der Waals surface area (Å²) in [6.45, 7) is 5.15. The minimum atomic E-state index is -0.404.